The van der Waals surface area contributed by atoms with Gasteiger partial charge in [0.2, 0.25) is 0 Å². The highest BCUT2D eigenvalue weighted by molar-refractivity contribution is 5.87. The van der Waals surface area contributed by atoms with Gasteiger partial charge in [-0.15, -0.1) is 0 Å². The Labute approximate surface area is 103 Å². The number of ether oxygens (including phenoxy) is 2. The molecule has 0 aliphatic heterocycles. The Morgan fingerprint density at radius 2 is 2.12 bits per heavy atom. The monoisotopic (exact) mass is 239 g/mol. The minimum absolute atomic E-state index is 0.283. The Morgan fingerprint density at radius 1 is 1.41 bits per heavy atom. The molecule has 1 aromatic rings. The second kappa shape index (κ2) is 6.45. The molecule has 0 amide bonds. The Balaban J connectivity index is 3.05. The second-order valence-electron chi connectivity index (χ2n) is 4.07. The van der Waals surface area contributed by atoms with Gasteiger partial charge in [-0.05, 0) is 25.5 Å². The van der Waals surface area contributed by atoms with Crippen LogP contribution in [0.2, 0.25) is 0 Å². The molecule has 0 bridgehead atoms. The zero-order chi connectivity index (χ0) is 12.8. The van der Waals surface area contributed by atoms with Crippen LogP contribution in [0.5, 0.6) is 0 Å². The van der Waals surface area contributed by atoms with Crippen molar-refractivity contribution in [1.82, 2.24) is 4.57 Å². The average molecular weight is 239 g/mol. The normalized spacial score (nSPS) is 12.5. The third kappa shape index (κ3) is 3.09. The molecule has 0 unspecified atom stereocenters. The molecule has 4 heteroatoms. The molecular formula is C13H21NO3. The lowest BCUT2D eigenvalue weighted by Crippen LogP contribution is -2.16. The van der Waals surface area contributed by atoms with Crippen LogP contribution in [0.4, 0.5) is 0 Å². The summed E-state index contributed by atoms with van der Waals surface area (Å²) >= 11 is 0. The Hall–Kier alpha value is -1.29. The third-order valence-corrected chi connectivity index (χ3v) is 2.99. The molecule has 17 heavy (non-hydrogen) atoms. The lowest BCUT2D eigenvalue weighted by atomic mass is 10.2. The number of rotatable bonds is 6. The number of aromatic nitrogens is 1. The molecule has 0 aliphatic rings. The molecule has 0 radical (unpaired) electrons. The van der Waals surface area contributed by atoms with Gasteiger partial charge in [-0.2, -0.15) is 0 Å². The first-order valence-electron chi connectivity index (χ1n) is 5.93. The van der Waals surface area contributed by atoms with Crippen LogP contribution in [0.1, 0.15) is 42.5 Å². The van der Waals surface area contributed by atoms with E-state index in [1.807, 2.05) is 16.7 Å². The standard InChI is InChI=1S/C13H21NO3/c1-5-10(2)14-11(8-9-16-3)6-7-12(14)13(15)17-4/h6-7,10H,5,8-9H2,1-4H3/t10-/m0/s1. The van der Waals surface area contributed by atoms with Gasteiger partial charge in [0.25, 0.3) is 0 Å². The van der Waals surface area contributed by atoms with E-state index >= 15 is 0 Å². The average Bonchev–Trinajstić information content (AvgIpc) is 2.78. The van der Waals surface area contributed by atoms with Crippen molar-refractivity contribution < 1.29 is 14.3 Å². The van der Waals surface area contributed by atoms with Crippen molar-refractivity contribution in [3.63, 3.8) is 0 Å². The van der Waals surface area contributed by atoms with Gasteiger partial charge in [-0.3, -0.25) is 0 Å². The van der Waals surface area contributed by atoms with Crippen molar-refractivity contribution in [2.24, 2.45) is 0 Å². The van der Waals surface area contributed by atoms with Crippen molar-refractivity contribution in [2.45, 2.75) is 32.7 Å². The van der Waals surface area contributed by atoms with Crippen molar-refractivity contribution in [3.8, 4) is 0 Å². The Bertz CT molecular complexity index is 371. The van der Waals surface area contributed by atoms with Crippen molar-refractivity contribution in [3.05, 3.63) is 23.5 Å². The summed E-state index contributed by atoms with van der Waals surface area (Å²) in [6.07, 6.45) is 1.77. The topological polar surface area (TPSA) is 40.5 Å². The highest BCUT2D eigenvalue weighted by Gasteiger charge is 2.18. The molecule has 1 aromatic heterocycles. The smallest absolute Gasteiger partial charge is 0.354 e. The number of carbonyl (C=O) groups is 1. The van der Waals surface area contributed by atoms with Crippen LogP contribution < -0.4 is 0 Å². The van der Waals surface area contributed by atoms with Gasteiger partial charge >= 0.3 is 5.97 Å². The van der Waals surface area contributed by atoms with E-state index in [4.69, 9.17) is 9.47 Å². The van der Waals surface area contributed by atoms with Gasteiger partial charge < -0.3 is 14.0 Å². The third-order valence-electron chi connectivity index (χ3n) is 2.99. The van der Waals surface area contributed by atoms with Crippen LogP contribution in [-0.2, 0) is 15.9 Å². The van der Waals surface area contributed by atoms with Gasteiger partial charge in [0.1, 0.15) is 5.69 Å². The molecule has 0 saturated heterocycles. The fraction of sp³-hybridized carbons (Fsp3) is 0.615. The number of hydrogen-bond donors (Lipinski definition) is 0. The summed E-state index contributed by atoms with van der Waals surface area (Å²) in [5.41, 5.74) is 1.73. The maximum Gasteiger partial charge on any atom is 0.354 e. The molecule has 0 aliphatic carbocycles. The number of esters is 1. The van der Waals surface area contributed by atoms with Gasteiger partial charge in [0.15, 0.2) is 0 Å². The van der Waals surface area contributed by atoms with Gasteiger partial charge in [-0.1, -0.05) is 6.92 Å². The zero-order valence-corrected chi connectivity index (χ0v) is 11.0. The number of carbonyl (C=O) groups excluding carboxylic acids is 1. The van der Waals surface area contributed by atoms with Gasteiger partial charge in [0, 0.05) is 25.3 Å². The number of methoxy groups -OCH3 is 2. The van der Waals surface area contributed by atoms with Crippen molar-refractivity contribution in [2.75, 3.05) is 20.8 Å². The van der Waals surface area contributed by atoms with Crippen LogP contribution in [-0.4, -0.2) is 31.4 Å². The summed E-state index contributed by atoms with van der Waals surface area (Å²) in [4.78, 5) is 11.7. The first-order valence-corrected chi connectivity index (χ1v) is 5.93. The van der Waals surface area contributed by atoms with Crippen LogP contribution in [0.3, 0.4) is 0 Å². The fourth-order valence-electron chi connectivity index (χ4n) is 1.87. The molecule has 0 saturated carbocycles. The van der Waals surface area contributed by atoms with Crippen LogP contribution >= 0.6 is 0 Å². The van der Waals surface area contributed by atoms with E-state index in [1.165, 1.54) is 7.11 Å². The molecule has 1 rings (SSSR count). The van der Waals surface area contributed by atoms with E-state index in [0.717, 1.165) is 18.5 Å². The minimum atomic E-state index is -0.283. The SMILES string of the molecule is CC[C@H](C)n1c(CCOC)ccc1C(=O)OC. The summed E-state index contributed by atoms with van der Waals surface area (Å²) < 4.78 is 11.9. The largest absolute Gasteiger partial charge is 0.464 e. The Kier molecular flexibility index (Phi) is 5.22. The zero-order valence-electron chi connectivity index (χ0n) is 11.0. The molecule has 0 spiro atoms. The predicted molar refractivity (Wildman–Crippen MR) is 66.4 cm³/mol. The molecule has 4 nitrogen and oxygen atoms in total. The molecule has 1 heterocycles. The van der Waals surface area contributed by atoms with Crippen LogP contribution in [0.15, 0.2) is 12.1 Å². The lowest BCUT2D eigenvalue weighted by molar-refractivity contribution is 0.0585. The summed E-state index contributed by atoms with van der Waals surface area (Å²) in [7, 11) is 3.09. The van der Waals surface area contributed by atoms with Crippen molar-refractivity contribution in [1.29, 1.82) is 0 Å². The molecular weight excluding hydrogens is 218 g/mol. The predicted octanol–water partition coefficient (Wildman–Crippen LogP) is 2.43. The summed E-state index contributed by atoms with van der Waals surface area (Å²) in [6.45, 7) is 4.86. The second-order valence-corrected chi connectivity index (χ2v) is 4.07. The van der Waals surface area contributed by atoms with Crippen LogP contribution in [0, 0.1) is 0 Å². The van der Waals surface area contributed by atoms with E-state index in [2.05, 4.69) is 13.8 Å². The molecule has 1 atom stereocenters. The van der Waals surface area contributed by atoms with E-state index < -0.39 is 0 Å². The Morgan fingerprint density at radius 3 is 2.65 bits per heavy atom. The maximum absolute atomic E-state index is 11.7. The molecule has 0 N–H and O–H groups in total. The van der Waals surface area contributed by atoms with E-state index in [-0.39, 0.29) is 12.0 Å². The maximum atomic E-state index is 11.7. The molecule has 96 valence electrons. The van der Waals surface area contributed by atoms with E-state index in [0.29, 0.717) is 12.3 Å². The summed E-state index contributed by atoms with van der Waals surface area (Å²) in [5, 5.41) is 0. The minimum Gasteiger partial charge on any atom is -0.464 e. The van der Waals surface area contributed by atoms with Crippen molar-refractivity contribution >= 4 is 5.97 Å². The molecule has 0 aromatic carbocycles. The number of hydrogen-bond acceptors (Lipinski definition) is 3. The first kappa shape index (κ1) is 13.8. The van der Waals surface area contributed by atoms with E-state index in [1.54, 1.807) is 7.11 Å². The lowest BCUT2D eigenvalue weighted by Gasteiger charge is -2.18. The highest BCUT2D eigenvalue weighted by Crippen LogP contribution is 2.20. The number of nitrogens with zero attached hydrogens (tertiary/aromatic N) is 1. The summed E-state index contributed by atoms with van der Waals surface area (Å²) in [5.74, 6) is -0.283. The van der Waals surface area contributed by atoms with E-state index in [9.17, 15) is 4.79 Å². The van der Waals surface area contributed by atoms with Gasteiger partial charge in [-0.25, -0.2) is 4.79 Å². The fourth-order valence-corrected chi connectivity index (χ4v) is 1.87. The molecule has 0 fully saturated rings. The quantitative estimate of drug-likeness (QED) is 0.716. The first-order chi connectivity index (χ1) is 8.15. The summed E-state index contributed by atoms with van der Waals surface area (Å²) in [6, 6.07) is 4.08. The van der Waals surface area contributed by atoms with Gasteiger partial charge in [0.05, 0.1) is 13.7 Å². The highest BCUT2D eigenvalue weighted by atomic mass is 16.5. The van der Waals surface area contributed by atoms with Crippen LogP contribution in [0.25, 0.3) is 0 Å².